The lowest BCUT2D eigenvalue weighted by atomic mass is 10.3. The fourth-order valence-electron chi connectivity index (χ4n) is 3.55. The molecule has 154 valence electrons. The van der Waals surface area contributed by atoms with Crippen LogP contribution in [0.25, 0.3) is 5.65 Å². The molecule has 29 heavy (non-hydrogen) atoms. The zero-order chi connectivity index (χ0) is 20.2. The SMILES string of the molecule is Cc1cn2cc(Nc3nc(NO)cc(=O)[nH]3)cc(OCCCN3CCCC3)c2n1. The molecule has 0 radical (unpaired) electrons. The molecule has 4 heterocycles. The molecular formula is C19H25N7O3. The molecule has 4 N–H and O–H groups in total. The minimum absolute atomic E-state index is 0.0502. The van der Waals surface area contributed by atoms with Crippen LogP contribution < -0.4 is 21.1 Å². The van der Waals surface area contributed by atoms with E-state index in [1.54, 1.807) is 0 Å². The van der Waals surface area contributed by atoms with Gasteiger partial charge in [-0.2, -0.15) is 4.98 Å². The number of ether oxygens (including phenoxy) is 1. The summed E-state index contributed by atoms with van der Waals surface area (Å²) in [4.78, 5) is 25.4. The summed E-state index contributed by atoms with van der Waals surface area (Å²) >= 11 is 0. The van der Waals surface area contributed by atoms with Gasteiger partial charge in [0.25, 0.3) is 5.56 Å². The molecule has 0 bridgehead atoms. The van der Waals surface area contributed by atoms with Gasteiger partial charge in [-0.3, -0.25) is 20.5 Å². The Morgan fingerprint density at radius 3 is 2.86 bits per heavy atom. The van der Waals surface area contributed by atoms with E-state index in [-0.39, 0.29) is 11.8 Å². The van der Waals surface area contributed by atoms with Crippen LogP contribution in [0.5, 0.6) is 5.75 Å². The smallest absolute Gasteiger partial charge is 0.254 e. The molecule has 0 atom stereocenters. The van der Waals surface area contributed by atoms with Gasteiger partial charge >= 0.3 is 0 Å². The number of aryl methyl sites for hydroxylation is 1. The first-order valence-electron chi connectivity index (χ1n) is 9.74. The van der Waals surface area contributed by atoms with E-state index >= 15 is 0 Å². The normalized spacial score (nSPS) is 14.4. The Labute approximate surface area is 167 Å². The van der Waals surface area contributed by atoms with Gasteiger partial charge < -0.3 is 19.4 Å². The maximum Gasteiger partial charge on any atom is 0.254 e. The fraction of sp³-hybridized carbons (Fsp3) is 0.421. The van der Waals surface area contributed by atoms with Gasteiger partial charge in [0.05, 0.1) is 18.0 Å². The molecule has 3 aromatic rings. The Morgan fingerprint density at radius 2 is 2.07 bits per heavy atom. The Morgan fingerprint density at radius 1 is 1.24 bits per heavy atom. The summed E-state index contributed by atoms with van der Waals surface area (Å²) < 4.78 is 7.92. The van der Waals surface area contributed by atoms with Crippen LogP contribution in [0, 0.1) is 6.92 Å². The van der Waals surface area contributed by atoms with Gasteiger partial charge in [-0.1, -0.05) is 0 Å². The number of hydrogen-bond acceptors (Lipinski definition) is 8. The Kier molecular flexibility index (Phi) is 5.63. The summed E-state index contributed by atoms with van der Waals surface area (Å²) in [6.45, 7) is 5.91. The third kappa shape index (κ3) is 4.66. The highest BCUT2D eigenvalue weighted by molar-refractivity contribution is 5.64. The molecule has 0 aromatic carbocycles. The summed E-state index contributed by atoms with van der Waals surface area (Å²) in [7, 11) is 0. The second-order valence-electron chi connectivity index (χ2n) is 7.17. The number of pyridine rings is 1. The number of hydrogen-bond donors (Lipinski definition) is 4. The lowest BCUT2D eigenvalue weighted by molar-refractivity contribution is 0.264. The van der Waals surface area contributed by atoms with Gasteiger partial charge in [-0.25, -0.2) is 4.98 Å². The molecule has 10 nitrogen and oxygen atoms in total. The second-order valence-corrected chi connectivity index (χ2v) is 7.17. The van der Waals surface area contributed by atoms with Crippen molar-refractivity contribution in [1.29, 1.82) is 0 Å². The number of fused-ring (bicyclic) bond motifs is 1. The number of aromatic nitrogens is 4. The number of H-pyrrole nitrogens is 1. The molecule has 3 aromatic heterocycles. The van der Waals surface area contributed by atoms with Crippen molar-refractivity contribution in [3.63, 3.8) is 0 Å². The third-order valence-corrected chi connectivity index (χ3v) is 4.83. The summed E-state index contributed by atoms with van der Waals surface area (Å²) in [5.41, 5.74) is 3.77. The summed E-state index contributed by atoms with van der Waals surface area (Å²) in [5.74, 6) is 0.905. The summed E-state index contributed by atoms with van der Waals surface area (Å²) in [5, 5.41) is 12.1. The number of anilines is 3. The lowest BCUT2D eigenvalue weighted by Gasteiger charge is -2.15. The quantitative estimate of drug-likeness (QED) is 0.336. The zero-order valence-corrected chi connectivity index (χ0v) is 16.3. The van der Waals surface area contributed by atoms with Crippen LogP contribution in [0.1, 0.15) is 25.0 Å². The van der Waals surface area contributed by atoms with Crippen LogP contribution in [0.15, 0.2) is 29.3 Å². The molecule has 1 fully saturated rings. The number of nitrogens with zero attached hydrogens (tertiary/aromatic N) is 4. The molecule has 1 aliphatic heterocycles. The fourth-order valence-corrected chi connectivity index (χ4v) is 3.55. The molecule has 0 unspecified atom stereocenters. The van der Waals surface area contributed by atoms with Crippen LogP contribution in [-0.4, -0.2) is 55.7 Å². The van der Waals surface area contributed by atoms with Crippen molar-refractivity contribution in [2.24, 2.45) is 0 Å². The van der Waals surface area contributed by atoms with Crippen molar-refractivity contribution in [1.82, 2.24) is 24.3 Å². The number of likely N-dealkylation sites (tertiary alicyclic amines) is 1. The number of imidazole rings is 1. The van der Waals surface area contributed by atoms with Crippen molar-refractivity contribution >= 4 is 23.1 Å². The van der Waals surface area contributed by atoms with Crippen LogP contribution in [-0.2, 0) is 0 Å². The van der Waals surface area contributed by atoms with Crippen LogP contribution in [0.3, 0.4) is 0 Å². The minimum atomic E-state index is -0.392. The van der Waals surface area contributed by atoms with Crippen molar-refractivity contribution in [2.45, 2.75) is 26.2 Å². The molecule has 10 heteroatoms. The Bertz CT molecular complexity index is 1040. The minimum Gasteiger partial charge on any atom is -0.490 e. The van der Waals surface area contributed by atoms with Crippen molar-refractivity contribution in [3.8, 4) is 5.75 Å². The van der Waals surface area contributed by atoms with Crippen LogP contribution in [0.2, 0.25) is 0 Å². The highest BCUT2D eigenvalue weighted by Crippen LogP contribution is 2.26. The average Bonchev–Trinajstić information content (AvgIpc) is 3.33. The molecule has 1 saturated heterocycles. The van der Waals surface area contributed by atoms with Crippen molar-refractivity contribution in [2.75, 3.05) is 37.0 Å². The first kappa shape index (κ1) is 19.2. The van der Waals surface area contributed by atoms with Crippen molar-refractivity contribution < 1.29 is 9.94 Å². The number of nitrogens with one attached hydrogen (secondary N) is 3. The van der Waals surface area contributed by atoms with Gasteiger partial charge in [0.2, 0.25) is 5.95 Å². The van der Waals surface area contributed by atoms with E-state index in [4.69, 9.17) is 9.94 Å². The second kappa shape index (κ2) is 8.50. The molecule has 1 aliphatic rings. The van der Waals surface area contributed by atoms with E-state index < -0.39 is 5.56 Å². The zero-order valence-electron chi connectivity index (χ0n) is 16.3. The topological polar surface area (TPSA) is 120 Å². The molecule has 0 spiro atoms. The first-order valence-corrected chi connectivity index (χ1v) is 9.74. The van der Waals surface area contributed by atoms with E-state index in [9.17, 15) is 4.79 Å². The molecule has 4 rings (SSSR count). The Hall–Kier alpha value is -3.11. The highest BCUT2D eigenvalue weighted by atomic mass is 16.5. The Balaban J connectivity index is 1.52. The van der Waals surface area contributed by atoms with Gasteiger partial charge in [0, 0.05) is 31.1 Å². The number of rotatable bonds is 8. The predicted molar refractivity (Wildman–Crippen MR) is 109 cm³/mol. The molecule has 0 amide bonds. The maximum absolute atomic E-state index is 11.7. The standard InChI is InChI=1S/C19H25N7O3/c1-13-11-26-12-14(21-19-22-16(24-28)10-17(27)23-19)9-15(18(26)20-13)29-8-4-7-25-5-2-3-6-25/h9-12,28H,2-8H2,1H3,(H3,21,22,23,24,27). The molecule has 0 saturated carbocycles. The first-order chi connectivity index (χ1) is 14.1. The van der Waals surface area contributed by atoms with E-state index in [0.717, 1.165) is 30.4 Å². The van der Waals surface area contributed by atoms with Gasteiger partial charge in [-0.15, -0.1) is 0 Å². The van der Waals surface area contributed by atoms with E-state index in [0.29, 0.717) is 18.0 Å². The number of aromatic amines is 1. The van der Waals surface area contributed by atoms with Crippen LogP contribution in [0.4, 0.5) is 17.5 Å². The van der Waals surface area contributed by atoms with Gasteiger partial charge in [0.1, 0.15) is 0 Å². The summed E-state index contributed by atoms with van der Waals surface area (Å²) in [6.07, 6.45) is 7.25. The maximum atomic E-state index is 11.7. The monoisotopic (exact) mass is 399 g/mol. The van der Waals surface area contributed by atoms with E-state index in [1.165, 1.54) is 25.9 Å². The van der Waals surface area contributed by atoms with E-state index in [2.05, 4.69) is 25.2 Å². The summed E-state index contributed by atoms with van der Waals surface area (Å²) in [6, 6.07) is 2.99. The predicted octanol–water partition coefficient (Wildman–Crippen LogP) is 2.14. The third-order valence-electron chi connectivity index (χ3n) is 4.83. The van der Waals surface area contributed by atoms with Crippen molar-refractivity contribution in [3.05, 3.63) is 40.6 Å². The van der Waals surface area contributed by atoms with Gasteiger partial charge in [0.15, 0.2) is 17.2 Å². The molecule has 0 aliphatic carbocycles. The highest BCUT2D eigenvalue weighted by Gasteiger charge is 2.12. The van der Waals surface area contributed by atoms with Crippen LogP contribution >= 0.6 is 0 Å². The molecular weight excluding hydrogens is 374 g/mol. The van der Waals surface area contributed by atoms with Gasteiger partial charge in [-0.05, 0) is 39.3 Å². The average molecular weight is 399 g/mol. The van der Waals surface area contributed by atoms with E-state index in [1.807, 2.05) is 35.3 Å². The lowest BCUT2D eigenvalue weighted by Crippen LogP contribution is -2.22. The largest absolute Gasteiger partial charge is 0.490 e.